The third-order valence-electron chi connectivity index (χ3n) is 7.24. The number of carbonyl (C=O) groups excluding carboxylic acids is 1. The van der Waals surface area contributed by atoms with Gasteiger partial charge in [-0.2, -0.15) is 18.2 Å². The maximum Gasteiger partial charge on any atom is 0.416 e. The average molecular weight is 473 g/mol. The van der Waals surface area contributed by atoms with Crippen molar-refractivity contribution in [3.63, 3.8) is 0 Å². The molecule has 4 aliphatic rings. The topological polar surface area (TPSA) is 71.3 Å². The summed E-state index contributed by atoms with van der Waals surface area (Å²) in [7, 11) is 0. The Balaban J connectivity index is 1.26. The van der Waals surface area contributed by atoms with E-state index in [1.54, 1.807) is 0 Å². The number of fused-ring (bicyclic) bond motifs is 3. The number of hydrogen-bond acceptors (Lipinski definition) is 4. The molecule has 2 saturated heterocycles. The van der Waals surface area contributed by atoms with Crippen LogP contribution in [0.5, 0.6) is 0 Å². The van der Waals surface area contributed by atoms with Gasteiger partial charge in [-0.25, -0.2) is 4.79 Å². The third kappa shape index (κ3) is 4.48. The maximum atomic E-state index is 13.1. The van der Waals surface area contributed by atoms with Crippen molar-refractivity contribution in [2.75, 3.05) is 6.54 Å². The van der Waals surface area contributed by atoms with Gasteiger partial charge in [0.2, 0.25) is 5.89 Å². The number of urea groups is 1. The predicted molar refractivity (Wildman–Crippen MR) is 119 cm³/mol. The zero-order valence-corrected chi connectivity index (χ0v) is 18.8. The van der Waals surface area contributed by atoms with E-state index in [0.717, 1.165) is 37.0 Å². The van der Waals surface area contributed by atoms with Crippen molar-refractivity contribution in [3.05, 3.63) is 71.4 Å². The Labute approximate surface area is 195 Å². The number of halogens is 3. The van der Waals surface area contributed by atoms with E-state index in [4.69, 9.17) is 9.51 Å². The Morgan fingerprint density at radius 3 is 2.71 bits per heavy atom. The highest BCUT2D eigenvalue weighted by molar-refractivity contribution is 5.75. The molecule has 1 aromatic carbocycles. The van der Waals surface area contributed by atoms with E-state index < -0.39 is 17.8 Å². The van der Waals surface area contributed by atoms with Crippen molar-refractivity contribution in [2.24, 2.45) is 5.92 Å². The maximum absolute atomic E-state index is 13.1. The number of nitrogens with zero attached hydrogens (tertiary/aromatic N) is 3. The largest absolute Gasteiger partial charge is 0.416 e. The summed E-state index contributed by atoms with van der Waals surface area (Å²) >= 11 is 0. The van der Waals surface area contributed by atoms with Crippen LogP contribution in [0.15, 0.2) is 58.7 Å². The SMILES string of the molecule is CC(c1ccccc1)c1noc(C2CC3CCC2N(C(=O)NC2C=CC(C(F)(F)F)=CC2)C3)n1. The lowest BCUT2D eigenvalue weighted by Gasteiger charge is -2.48. The van der Waals surface area contributed by atoms with Crippen molar-refractivity contribution < 1.29 is 22.5 Å². The van der Waals surface area contributed by atoms with Gasteiger partial charge in [0.1, 0.15) is 0 Å². The second-order valence-electron chi connectivity index (χ2n) is 9.44. The number of carbonyl (C=O) groups is 1. The lowest BCUT2D eigenvalue weighted by molar-refractivity contribution is -0.0886. The molecule has 0 spiro atoms. The van der Waals surface area contributed by atoms with Crippen molar-refractivity contribution in [1.82, 2.24) is 20.4 Å². The first-order valence-corrected chi connectivity index (χ1v) is 11.7. The molecule has 6 nitrogen and oxygen atoms in total. The highest BCUT2D eigenvalue weighted by Crippen LogP contribution is 2.44. The van der Waals surface area contributed by atoms with Gasteiger partial charge >= 0.3 is 12.2 Å². The molecule has 1 aromatic heterocycles. The van der Waals surface area contributed by atoms with Crippen LogP contribution in [-0.2, 0) is 0 Å². The number of rotatable bonds is 4. The van der Waals surface area contributed by atoms with E-state index in [1.807, 2.05) is 42.2 Å². The van der Waals surface area contributed by atoms with Crippen LogP contribution in [0.1, 0.15) is 61.7 Å². The summed E-state index contributed by atoms with van der Waals surface area (Å²) in [6.07, 6.45) is 2.09. The molecular weight excluding hydrogens is 445 g/mol. The fourth-order valence-electron chi connectivity index (χ4n) is 5.34. The summed E-state index contributed by atoms with van der Waals surface area (Å²) < 4.78 is 44.2. The standard InChI is InChI=1S/C25H27F3N4O2/c1-15(17-5-3-2-4-6-17)22-30-23(34-31-22)20-13-16-7-12-21(20)32(14-16)24(33)29-19-10-8-18(9-11-19)25(26,27)28/h2-6,8-10,15-16,19-21H,7,11-14H2,1H3,(H,29,33). The second-order valence-corrected chi connectivity index (χ2v) is 9.44. The summed E-state index contributed by atoms with van der Waals surface area (Å²) in [4.78, 5) is 19.6. The van der Waals surface area contributed by atoms with Crippen LogP contribution in [0.3, 0.4) is 0 Å². The summed E-state index contributed by atoms with van der Waals surface area (Å²) in [5.74, 6) is 1.47. The van der Waals surface area contributed by atoms with Crippen LogP contribution in [0.2, 0.25) is 0 Å². The minimum absolute atomic E-state index is 0.00777. The van der Waals surface area contributed by atoms with E-state index in [0.29, 0.717) is 24.2 Å². The Morgan fingerprint density at radius 2 is 2.03 bits per heavy atom. The van der Waals surface area contributed by atoms with Crippen molar-refractivity contribution in [3.8, 4) is 0 Å². The van der Waals surface area contributed by atoms with Gasteiger partial charge in [0.15, 0.2) is 5.82 Å². The first kappa shape index (κ1) is 22.7. The molecule has 2 aromatic rings. The zero-order valence-electron chi connectivity index (χ0n) is 18.8. The van der Waals surface area contributed by atoms with Crippen LogP contribution >= 0.6 is 0 Å². The quantitative estimate of drug-likeness (QED) is 0.654. The molecule has 2 amide bonds. The third-order valence-corrected chi connectivity index (χ3v) is 7.24. The Morgan fingerprint density at radius 1 is 1.24 bits per heavy atom. The second kappa shape index (κ2) is 8.92. The minimum atomic E-state index is -4.37. The van der Waals surface area contributed by atoms with Gasteiger partial charge in [-0.3, -0.25) is 0 Å². The van der Waals surface area contributed by atoms with E-state index in [-0.39, 0.29) is 30.3 Å². The van der Waals surface area contributed by atoms with Crippen LogP contribution in [0.25, 0.3) is 0 Å². The van der Waals surface area contributed by atoms with E-state index in [1.165, 1.54) is 6.08 Å². The number of piperidine rings is 2. The summed E-state index contributed by atoms with van der Waals surface area (Å²) in [6, 6.07) is 9.19. The highest BCUT2D eigenvalue weighted by Gasteiger charge is 2.46. The van der Waals surface area contributed by atoms with Crippen LogP contribution in [0, 0.1) is 5.92 Å². The van der Waals surface area contributed by atoms with E-state index >= 15 is 0 Å². The van der Waals surface area contributed by atoms with Crippen LogP contribution in [0.4, 0.5) is 18.0 Å². The van der Waals surface area contributed by atoms with Crippen molar-refractivity contribution >= 4 is 6.03 Å². The number of allylic oxidation sites excluding steroid dienone is 2. The molecule has 5 unspecified atom stereocenters. The first-order valence-electron chi connectivity index (χ1n) is 11.7. The molecule has 34 heavy (non-hydrogen) atoms. The van der Waals surface area contributed by atoms with Gasteiger partial charge in [0.25, 0.3) is 0 Å². The lowest BCUT2D eigenvalue weighted by Crippen LogP contribution is -2.58. The molecule has 5 atom stereocenters. The van der Waals surface area contributed by atoms with E-state index in [2.05, 4.69) is 10.5 Å². The molecule has 0 radical (unpaired) electrons. The average Bonchev–Trinajstić information content (AvgIpc) is 3.34. The van der Waals surface area contributed by atoms with Gasteiger partial charge < -0.3 is 14.7 Å². The highest BCUT2D eigenvalue weighted by atomic mass is 19.4. The van der Waals surface area contributed by atoms with Gasteiger partial charge in [-0.05, 0) is 37.2 Å². The van der Waals surface area contributed by atoms with Crippen LogP contribution < -0.4 is 5.32 Å². The molecule has 9 heteroatoms. The molecule has 6 rings (SSSR count). The van der Waals surface area contributed by atoms with Gasteiger partial charge in [0.05, 0.1) is 17.5 Å². The molecule has 2 bridgehead atoms. The fourth-order valence-corrected chi connectivity index (χ4v) is 5.34. The van der Waals surface area contributed by atoms with E-state index in [9.17, 15) is 18.0 Å². The molecule has 2 aliphatic heterocycles. The lowest BCUT2D eigenvalue weighted by atomic mass is 9.72. The molecule has 2 aliphatic carbocycles. The molecule has 1 N–H and O–H groups in total. The minimum Gasteiger partial charge on any atom is -0.339 e. The van der Waals surface area contributed by atoms with Gasteiger partial charge in [-0.15, -0.1) is 0 Å². The van der Waals surface area contributed by atoms with Gasteiger partial charge in [0, 0.05) is 18.5 Å². The normalized spacial score (nSPS) is 27.4. The number of nitrogens with one attached hydrogen (secondary N) is 1. The molecular formula is C25H27F3N4O2. The zero-order chi connectivity index (χ0) is 23.9. The summed E-state index contributed by atoms with van der Waals surface area (Å²) in [5, 5.41) is 7.11. The first-order chi connectivity index (χ1) is 16.3. The Bertz CT molecular complexity index is 1100. The fraction of sp³-hybridized carbons (Fsp3) is 0.480. The number of aromatic nitrogens is 2. The van der Waals surface area contributed by atoms with Crippen molar-refractivity contribution in [2.45, 2.75) is 62.7 Å². The number of amides is 2. The Hall–Kier alpha value is -3.10. The molecule has 3 heterocycles. The van der Waals surface area contributed by atoms with Crippen molar-refractivity contribution in [1.29, 1.82) is 0 Å². The summed E-state index contributed by atoms with van der Waals surface area (Å²) in [6.45, 7) is 2.67. The molecule has 1 saturated carbocycles. The molecule has 3 fully saturated rings. The smallest absolute Gasteiger partial charge is 0.339 e. The number of alkyl halides is 3. The number of benzene rings is 1. The number of hydrogen-bond donors (Lipinski definition) is 1. The monoisotopic (exact) mass is 472 g/mol. The van der Waals surface area contributed by atoms with Crippen LogP contribution in [-0.4, -0.2) is 45.9 Å². The molecule has 180 valence electrons. The summed E-state index contributed by atoms with van der Waals surface area (Å²) in [5.41, 5.74) is 0.427. The van der Waals surface area contributed by atoms with Gasteiger partial charge in [-0.1, -0.05) is 60.6 Å². The predicted octanol–water partition coefficient (Wildman–Crippen LogP) is 5.32. The Kier molecular flexibility index (Phi) is 5.95.